The fraction of sp³-hybridized carbons (Fsp3) is 0.294. The van der Waals surface area contributed by atoms with Gasteiger partial charge in [-0.2, -0.15) is 0 Å². The Bertz CT molecular complexity index is 473. The number of hydrogen-bond acceptors (Lipinski definition) is 3. The highest BCUT2D eigenvalue weighted by Gasteiger charge is 2.03. The predicted octanol–water partition coefficient (Wildman–Crippen LogP) is 3.07. The third kappa shape index (κ3) is 5.43. The van der Waals surface area contributed by atoms with Gasteiger partial charge in [-0.3, -0.25) is 0 Å². The maximum Gasteiger partial charge on any atom is 0.0734 e. The lowest BCUT2D eigenvalue weighted by molar-refractivity contribution is 0.0780. The topological polar surface area (TPSA) is 41.5 Å². The van der Waals surface area contributed by atoms with Crippen molar-refractivity contribution in [2.75, 3.05) is 18.5 Å². The van der Waals surface area contributed by atoms with E-state index in [2.05, 4.69) is 5.32 Å². The van der Waals surface area contributed by atoms with E-state index in [-0.39, 0.29) is 0 Å². The van der Waals surface area contributed by atoms with Crippen LogP contribution in [0.2, 0.25) is 0 Å². The smallest absolute Gasteiger partial charge is 0.0734 e. The van der Waals surface area contributed by atoms with Crippen LogP contribution >= 0.6 is 0 Å². The Labute approximate surface area is 120 Å². The third-order valence-corrected chi connectivity index (χ3v) is 3.02. The predicted molar refractivity (Wildman–Crippen MR) is 81.7 cm³/mol. The Morgan fingerprint density at radius 3 is 2.30 bits per heavy atom. The van der Waals surface area contributed by atoms with E-state index in [1.807, 2.05) is 60.7 Å². The molecule has 2 aromatic carbocycles. The summed E-state index contributed by atoms with van der Waals surface area (Å²) in [5, 5.41) is 13.1. The molecule has 106 valence electrons. The summed E-state index contributed by atoms with van der Waals surface area (Å²) in [5.41, 5.74) is 2.18. The van der Waals surface area contributed by atoms with E-state index in [4.69, 9.17) is 4.74 Å². The minimum atomic E-state index is -0.397. The summed E-state index contributed by atoms with van der Waals surface area (Å²) < 4.78 is 5.55. The standard InChI is InChI=1S/C17H21NO2/c19-17(13-18-16-9-5-2-6-10-16)11-12-20-14-15-7-3-1-4-8-15/h1-10,17-19H,11-14H2. The molecule has 0 spiro atoms. The summed E-state index contributed by atoms with van der Waals surface area (Å²) >= 11 is 0. The molecule has 20 heavy (non-hydrogen) atoms. The summed E-state index contributed by atoms with van der Waals surface area (Å²) in [6.07, 6.45) is 0.234. The highest BCUT2D eigenvalue weighted by molar-refractivity contribution is 5.42. The van der Waals surface area contributed by atoms with Gasteiger partial charge in [-0.05, 0) is 24.1 Å². The Morgan fingerprint density at radius 2 is 1.60 bits per heavy atom. The van der Waals surface area contributed by atoms with Crippen LogP contribution in [0.3, 0.4) is 0 Å². The minimum Gasteiger partial charge on any atom is -0.391 e. The van der Waals surface area contributed by atoms with Gasteiger partial charge in [0.25, 0.3) is 0 Å². The Balaban J connectivity index is 1.57. The van der Waals surface area contributed by atoms with E-state index in [0.717, 1.165) is 11.3 Å². The van der Waals surface area contributed by atoms with Crippen molar-refractivity contribution in [1.82, 2.24) is 0 Å². The lowest BCUT2D eigenvalue weighted by atomic mass is 10.2. The molecule has 0 aromatic heterocycles. The number of hydrogen-bond donors (Lipinski definition) is 2. The lowest BCUT2D eigenvalue weighted by Gasteiger charge is -2.13. The van der Waals surface area contributed by atoms with Gasteiger partial charge in [0.05, 0.1) is 12.7 Å². The Morgan fingerprint density at radius 1 is 0.950 bits per heavy atom. The van der Waals surface area contributed by atoms with Crippen molar-refractivity contribution in [3.63, 3.8) is 0 Å². The van der Waals surface area contributed by atoms with Crippen molar-refractivity contribution in [3.05, 3.63) is 66.2 Å². The molecule has 0 heterocycles. The van der Waals surface area contributed by atoms with Crippen molar-refractivity contribution in [1.29, 1.82) is 0 Å². The highest BCUT2D eigenvalue weighted by Crippen LogP contribution is 2.06. The number of ether oxygens (including phenoxy) is 1. The fourth-order valence-corrected chi connectivity index (χ4v) is 1.88. The maximum atomic E-state index is 9.87. The van der Waals surface area contributed by atoms with E-state index in [0.29, 0.717) is 26.2 Å². The summed E-state index contributed by atoms with van der Waals surface area (Å²) in [6.45, 7) is 1.70. The van der Waals surface area contributed by atoms with Gasteiger partial charge < -0.3 is 15.2 Å². The third-order valence-electron chi connectivity index (χ3n) is 3.02. The van der Waals surface area contributed by atoms with Gasteiger partial charge in [-0.25, -0.2) is 0 Å². The molecule has 2 N–H and O–H groups in total. The zero-order valence-corrected chi connectivity index (χ0v) is 11.5. The van der Waals surface area contributed by atoms with Crippen LogP contribution in [-0.4, -0.2) is 24.4 Å². The van der Waals surface area contributed by atoms with E-state index in [1.54, 1.807) is 0 Å². The van der Waals surface area contributed by atoms with Crippen molar-refractivity contribution in [2.45, 2.75) is 19.1 Å². The molecule has 0 amide bonds. The van der Waals surface area contributed by atoms with Crippen LogP contribution in [0.4, 0.5) is 5.69 Å². The largest absolute Gasteiger partial charge is 0.391 e. The van der Waals surface area contributed by atoms with Crippen LogP contribution in [-0.2, 0) is 11.3 Å². The number of para-hydroxylation sites is 1. The van der Waals surface area contributed by atoms with Crippen LogP contribution in [0, 0.1) is 0 Å². The number of rotatable bonds is 8. The van der Waals surface area contributed by atoms with Gasteiger partial charge in [0.15, 0.2) is 0 Å². The Hall–Kier alpha value is -1.84. The van der Waals surface area contributed by atoms with E-state index >= 15 is 0 Å². The highest BCUT2D eigenvalue weighted by atomic mass is 16.5. The lowest BCUT2D eigenvalue weighted by Crippen LogP contribution is -2.21. The average Bonchev–Trinajstić information content (AvgIpc) is 2.52. The van der Waals surface area contributed by atoms with E-state index in [9.17, 15) is 5.11 Å². The molecule has 1 unspecified atom stereocenters. The number of aliphatic hydroxyl groups is 1. The van der Waals surface area contributed by atoms with Gasteiger partial charge in [0.2, 0.25) is 0 Å². The number of aliphatic hydroxyl groups excluding tert-OH is 1. The quantitative estimate of drug-likeness (QED) is 0.725. The molecular weight excluding hydrogens is 250 g/mol. The summed E-state index contributed by atoms with van der Waals surface area (Å²) in [5.74, 6) is 0. The second-order valence-corrected chi connectivity index (χ2v) is 4.73. The van der Waals surface area contributed by atoms with Crippen LogP contribution in [0.1, 0.15) is 12.0 Å². The number of anilines is 1. The molecule has 0 saturated heterocycles. The second-order valence-electron chi connectivity index (χ2n) is 4.73. The molecule has 0 fully saturated rings. The van der Waals surface area contributed by atoms with Crippen molar-refractivity contribution in [3.8, 4) is 0 Å². The Kier molecular flexibility index (Phi) is 6.08. The number of nitrogens with one attached hydrogen (secondary N) is 1. The van der Waals surface area contributed by atoms with Crippen LogP contribution in [0.25, 0.3) is 0 Å². The molecule has 0 aliphatic rings. The van der Waals surface area contributed by atoms with Crippen molar-refractivity contribution < 1.29 is 9.84 Å². The summed E-state index contributed by atoms with van der Waals surface area (Å²) in [6, 6.07) is 19.9. The first-order chi connectivity index (χ1) is 9.84. The van der Waals surface area contributed by atoms with Crippen LogP contribution in [0.15, 0.2) is 60.7 Å². The molecular formula is C17H21NO2. The van der Waals surface area contributed by atoms with Gasteiger partial charge in [0.1, 0.15) is 0 Å². The second kappa shape index (κ2) is 8.35. The molecule has 0 bridgehead atoms. The molecule has 3 nitrogen and oxygen atoms in total. The average molecular weight is 271 g/mol. The molecule has 2 rings (SSSR count). The summed E-state index contributed by atoms with van der Waals surface area (Å²) in [7, 11) is 0. The van der Waals surface area contributed by atoms with Crippen LogP contribution < -0.4 is 5.32 Å². The maximum absolute atomic E-state index is 9.87. The molecule has 1 atom stereocenters. The molecule has 0 aliphatic carbocycles. The van der Waals surface area contributed by atoms with Crippen molar-refractivity contribution in [2.24, 2.45) is 0 Å². The zero-order chi connectivity index (χ0) is 14.0. The molecule has 2 aromatic rings. The minimum absolute atomic E-state index is 0.397. The first kappa shape index (κ1) is 14.6. The van der Waals surface area contributed by atoms with Gasteiger partial charge in [0, 0.05) is 18.8 Å². The normalized spacial score (nSPS) is 12.1. The first-order valence-corrected chi connectivity index (χ1v) is 6.93. The fourth-order valence-electron chi connectivity index (χ4n) is 1.88. The van der Waals surface area contributed by atoms with E-state index < -0.39 is 6.10 Å². The van der Waals surface area contributed by atoms with Gasteiger partial charge in [-0.1, -0.05) is 48.5 Å². The molecule has 0 saturated carbocycles. The van der Waals surface area contributed by atoms with Crippen molar-refractivity contribution >= 4 is 5.69 Å². The monoisotopic (exact) mass is 271 g/mol. The SMILES string of the molecule is OC(CCOCc1ccccc1)CNc1ccccc1. The van der Waals surface area contributed by atoms with Gasteiger partial charge in [-0.15, -0.1) is 0 Å². The number of benzene rings is 2. The van der Waals surface area contributed by atoms with E-state index in [1.165, 1.54) is 0 Å². The zero-order valence-electron chi connectivity index (χ0n) is 11.5. The first-order valence-electron chi connectivity index (χ1n) is 6.93. The molecule has 0 aliphatic heterocycles. The van der Waals surface area contributed by atoms with Crippen LogP contribution in [0.5, 0.6) is 0 Å². The molecule has 0 radical (unpaired) electrons. The summed E-state index contributed by atoms with van der Waals surface area (Å²) in [4.78, 5) is 0. The van der Waals surface area contributed by atoms with Gasteiger partial charge >= 0.3 is 0 Å². The molecule has 3 heteroatoms.